The Balaban J connectivity index is 2.53. The molecule has 0 spiro atoms. The molecule has 1 atom stereocenters. The molecule has 1 unspecified atom stereocenters. The Kier molecular flexibility index (Phi) is 2.29. The van der Waals surface area contributed by atoms with Gasteiger partial charge in [-0.15, -0.1) is 0 Å². The number of rotatable bonds is 1. The number of fused-ring (bicyclic) bond motifs is 1. The Labute approximate surface area is 89.9 Å². The second-order valence-corrected chi connectivity index (χ2v) is 3.38. The lowest BCUT2D eigenvalue weighted by molar-refractivity contribution is -0.431. The van der Waals surface area contributed by atoms with Crippen molar-refractivity contribution in [1.82, 2.24) is 4.98 Å². The predicted molar refractivity (Wildman–Crippen MR) is 54.7 cm³/mol. The van der Waals surface area contributed by atoms with Crippen LogP contribution in [0.2, 0.25) is 0 Å². The van der Waals surface area contributed by atoms with E-state index in [9.17, 15) is 10.1 Å². The summed E-state index contributed by atoms with van der Waals surface area (Å²) in [7, 11) is 0. The van der Waals surface area contributed by atoms with E-state index in [4.69, 9.17) is 17.3 Å². The maximum atomic E-state index is 10.7. The molecule has 0 aromatic carbocycles. The van der Waals surface area contributed by atoms with Crippen molar-refractivity contribution in [3.63, 3.8) is 0 Å². The lowest BCUT2D eigenvalue weighted by Gasteiger charge is -2.20. The van der Waals surface area contributed by atoms with Crippen LogP contribution in [-0.4, -0.2) is 9.91 Å². The number of nitrogens with zero attached hydrogens (tertiary/aromatic N) is 2. The molecule has 0 saturated carbocycles. The minimum Gasteiger partial charge on any atom is -0.325 e. The standard InChI is InChI=1S/C8H7ClN4O2/c9-7-6(13(14)15)5(10)4-2-1-3-11-8(4)12-7/h1-3,5H,10H2,(H,11,12). The van der Waals surface area contributed by atoms with E-state index in [2.05, 4.69) is 10.3 Å². The first-order valence-electron chi connectivity index (χ1n) is 4.13. The fraction of sp³-hybridized carbons (Fsp3) is 0.125. The predicted octanol–water partition coefficient (Wildman–Crippen LogP) is 1.19. The Bertz CT molecular complexity index is 460. The van der Waals surface area contributed by atoms with E-state index in [1.165, 1.54) is 0 Å². The average Bonchev–Trinajstić information content (AvgIpc) is 2.17. The van der Waals surface area contributed by atoms with E-state index in [0.717, 1.165) is 0 Å². The number of nitrogens with two attached hydrogens (primary N) is 1. The minimum absolute atomic E-state index is 0.0845. The van der Waals surface area contributed by atoms with E-state index < -0.39 is 11.0 Å². The molecule has 0 bridgehead atoms. The van der Waals surface area contributed by atoms with Crippen LogP contribution < -0.4 is 11.1 Å². The monoisotopic (exact) mass is 226 g/mol. The summed E-state index contributed by atoms with van der Waals surface area (Å²) in [6.45, 7) is 0. The number of anilines is 1. The summed E-state index contributed by atoms with van der Waals surface area (Å²) >= 11 is 5.71. The van der Waals surface area contributed by atoms with Crippen LogP contribution in [0.5, 0.6) is 0 Å². The van der Waals surface area contributed by atoms with Gasteiger partial charge in [0.05, 0.1) is 4.92 Å². The van der Waals surface area contributed by atoms with Gasteiger partial charge in [0.15, 0.2) is 5.16 Å². The van der Waals surface area contributed by atoms with Crippen molar-refractivity contribution in [1.29, 1.82) is 0 Å². The first-order valence-corrected chi connectivity index (χ1v) is 4.50. The molecule has 3 N–H and O–H groups in total. The zero-order valence-electron chi connectivity index (χ0n) is 7.48. The lowest BCUT2D eigenvalue weighted by Crippen LogP contribution is -2.26. The maximum absolute atomic E-state index is 10.7. The molecule has 0 aliphatic carbocycles. The van der Waals surface area contributed by atoms with Crippen LogP contribution >= 0.6 is 11.6 Å². The number of nitro groups is 1. The molecule has 1 aliphatic heterocycles. The Morgan fingerprint density at radius 1 is 1.67 bits per heavy atom. The lowest BCUT2D eigenvalue weighted by atomic mass is 10.0. The maximum Gasteiger partial charge on any atom is 0.302 e. The van der Waals surface area contributed by atoms with Crippen LogP contribution in [0.3, 0.4) is 0 Å². The van der Waals surface area contributed by atoms with Gasteiger partial charge in [-0.1, -0.05) is 17.7 Å². The zero-order chi connectivity index (χ0) is 11.0. The van der Waals surface area contributed by atoms with Gasteiger partial charge in [0.1, 0.15) is 11.9 Å². The highest BCUT2D eigenvalue weighted by Crippen LogP contribution is 2.33. The van der Waals surface area contributed by atoms with E-state index in [1.54, 1.807) is 18.3 Å². The van der Waals surface area contributed by atoms with Gasteiger partial charge in [0.2, 0.25) is 0 Å². The fourth-order valence-electron chi connectivity index (χ4n) is 1.42. The van der Waals surface area contributed by atoms with Crippen molar-refractivity contribution in [2.24, 2.45) is 5.73 Å². The molecule has 7 heteroatoms. The van der Waals surface area contributed by atoms with E-state index in [0.29, 0.717) is 11.4 Å². The van der Waals surface area contributed by atoms with Gasteiger partial charge in [-0.2, -0.15) is 0 Å². The average molecular weight is 227 g/mol. The molecule has 1 aromatic rings. The SMILES string of the molecule is NC1C([N+](=O)[O-])=C(Cl)Nc2ncccc21. The van der Waals surface area contributed by atoms with Crippen molar-refractivity contribution < 1.29 is 4.92 Å². The molecule has 78 valence electrons. The smallest absolute Gasteiger partial charge is 0.302 e. The zero-order valence-corrected chi connectivity index (χ0v) is 8.23. The molecular weight excluding hydrogens is 220 g/mol. The molecule has 0 amide bonds. The summed E-state index contributed by atoms with van der Waals surface area (Å²) in [6.07, 6.45) is 1.56. The van der Waals surface area contributed by atoms with E-state index >= 15 is 0 Å². The first kappa shape index (κ1) is 9.88. The van der Waals surface area contributed by atoms with Crippen LogP contribution in [-0.2, 0) is 0 Å². The van der Waals surface area contributed by atoms with Crippen molar-refractivity contribution in [2.75, 3.05) is 5.32 Å². The number of nitrogens with one attached hydrogen (secondary N) is 1. The molecule has 0 radical (unpaired) electrons. The molecule has 6 nitrogen and oxygen atoms in total. The molecule has 1 aromatic heterocycles. The Hall–Kier alpha value is -1.66. The quantitative estimate of drug-likeness (QED) is 0.426. The van der Waals surface area contributed by atoms with Crippen LogP contribution in [0.15, 0.2) is 29.2 Å². The molecule has 15 heavy (non-hydrogen) atoms. The Morgan fingerprint density at radius 2 is 2.40 bits per heavy atom. The number of aromatic nitrogens is 1. The van der Waals surface area contributed by atoms with E-state index in [1.807, 2.05) is 0 Å². The van der Waals surface area contributed by atoms with Gasteiger partial charge in [-0.3, -0.25) is 10.1 Å². The highest BCUT2D eigenvalue weighted by atomic mass is 35.5. The van der Waals surface area contributed by atoms with Gasteiger partial charge in [-0.25, -0.2) is 4.98 Å². The van der Waals surface area contributed by atoms with E-state index in [-0.39, 0.29) is 10.9 Å². The molecule has 0 saturated heterocycles. The van der Waals surface area contributed by atoms with Gasteiger partial charge < -0.3 is 11.1 Å². The summed E-state index contributed by atoms with van der Waals surface area (Å²) in [4.78, 5) is 14.1. The van der Waals surface area contributed by atoms with Gasteiger partial charge >= 0.3 is 5.70 Å². The molecule has 1 aliphatic rings. The second-order valence-electron chi connectivity index (χ2n) is 3.00. The normalized spacial score (nSPS) is 19.5. The third kappa shape index (κ3) is 1.53. The summed E-state index contributed by atoms with van der Waals surface area (Å²) < 4.78 is 0. The minimum atomic E-state index is -0.850. The highest BCUT2D eigenvalue weighted by molar-refractivity contribution is 6.31. The van der Waals surface area contributed by atoms with Crippen molar-refractivity contribution in [2.45, 2.75) is 6.04 Å². The molecule has 2 heterocycles. The topological polar surface area (TPSA) is 94.1 Å². The Morgan fingerprint density at radius 3 is 3.07 bits per heavy atom. The van der Waals surface area contributed by atoms with Crippen LogP contribution in [0.1, 0.15) is 11.6 Å². The summed E-state index contributed by atoms with van der Waals surface area (Å²) in [5.41, 5.74) is 6.04. The number of hydrogen-bond donors (Lipinski definition) is 2. The number of halogens is 1. The van der Waals surface area contributed by atoms with Crippen LogP contribution in [0, 0.1) is 10.1 Å². The number of pyridine rings is 1. The summed E-state index contributed by atoms with van der Waals surface area (Å²) in [5.74, 6) is 0.459. The van der Waals surface area contributed by atoms with Gasteiger partial charge in [-0.05, 0) is 6.07 Å². The summed E-state index contributed by atoms with van der Waals surface area (Å²) in [6, 6.07) is 2.49. The van der Waals surface area contributed by atoms with Crippen molar-refractivity contribution in [3.8, 4) is 0 Å². The van der Waals surface area contributed by atoms with Gasteiger partial charge in [0.25, 0.3) is 0 Å². The largest absolute Gasteiger partial charge is 0.325 e. The van der Waals surface area contributed by atoms with Crippen LogP contribution in [0.4, 0.5) is 5.82 Å². The molecule has 2 rings (SSSR count). The third-order valence-electron chi connectivity index (χ3n) is 2.12. The van der Waals surface area contributed by atoms with Gasteiger partial charge in [0, 0.05) is 11.8 Å². The van der Waals surface area contributed by atoms with Crippen LogP contribution in [0.25, 0.3) is 0 Å². The highest BCUT2D eigenvalue weighted by Gasteiger charge is 2.33. The molecular formula is C8H7ClN4O2. The third-order valence-corrected chi connectivity index (χ3v) is 2.41. The molecule has 0 fully saturated rings. The second kappa shape index (κ2) is 3.48. The summed E-state index contributed by atoms with van der Waals surface area (Å²) in [5, 5.41) is 13.3. The van der Waals surface area contributed by atoms with Crippen molar-refractivity contribution in [3.05, 3.63) is 44.9 Å². The fourth-order valence-corrected chi connectivity index (χ4v) is 1.69. The number of hydrogen-bond acceptors (Lipinski definition) is 5. The van der Waals surface area contributed by atoms with Crippen molar-refractivity contribution >= 4 is 17.4 Å². The first-order chi connectivity index (χ1) is 7.11.